The van der Waals surface area contributed by atoms with Gasteiger partial charge in [-0.3, -0.25) is 4.79 Å². The van der Waals surface area contributed by atoms with Crippen molar-refractivity contribution < 1.29 is 9.90 Å². The Morgan fingerprint density at radius 1 is 1.19 bits per heavy atom. The van der Waals surface area contributed by atoms with Crippen molar-refractivity contribution >= 4 is 29.2 Å². The van der Waals surface area contributed by atoms with Gasteiger partial charge in [0.25, 0.3) is 0 Å². The molecule has 0 amide bonds. The number of fused-ring (bicyclic) bond motifs is 2. The lowest BCUT2D eigenvalue weighted by Gasteiger charge is -2.29. The van der Waals surface area contributed by atoms with E-state index in [0.29, 0.717) is 10.9 Å². The smallest absolute Gasteiger partial charge is 0.303 e. The number of carboxylic acids is 1. The number of benzene rings is 1. The molecule has 2 saturated carbocycles. The highest BCUT2D eigenvalue weighted by Gasteiger charge is 2.45. The maximum Gasteiger partial charge on any atom is 0.303 e. The minimum absolute atomic E-state index is 0.270. The second kappa shape index (κ2) is 9.28. The van der Waals surface area contributed by atoms with Gasteiger partial charge in [-0.05, 0) is 92.7 Å². The van der Waals surface area contributed by atoms with Crippen molar-refractivity contribution in [3.05, 3.63) is 46.0 Å². The molecule has 2 bridgehead atoms. The number of carboxylic acid groups (broad SMARTS) is 1. The normalized spacial score (nSPS) is 27.5. The summed E-state index contributed by atoms with van der Waals surface area (Å²) in [6.45, 7) is 0. The van der Waals surface area contributed by atoms with Crippen molar-refractivity contribution in [2.45, 2.75) is 57.8 Å². The van der Waals surface area contributed by atoms with E-state index in [0.717, 1.165) is 42.0 Å². The van der Waals surface area contributed by atoms with Gasteiger partial charge in [-0.2, -0.15) is 0 Å². The highest BCUT2D eigenvalue weighted by Crippen LogP contribution is 2.54. The summed E-state index contributed by atoms with van der Waals surface area (Å²) in [5.74, 6) is 2.51. The van der Waals surface area contributed by atoms with Crippen molar-refractivity contribution in [1.29, 1.82) is 0 Å². The lowest BCUT2D eigenvalue weighted by Crippen LogP contribution is -2.21. The molecule has 1 N–H and O–H groups in total. The summed E-state index contributed by atoms with van der Waals surface area (Å²) in [5, 5.41) is 10.2. The van der Waals surface area contributed by atoms with E-state index >= 15 is 0 Å². The van der Waals surface area contributed by atoms with E-state index in [1.165, 1.54) is 37.7 Å². The minimum atomic E-state index is -0.697. The summed E-state index contributed by atoms with van der Waals surface area (Å²) in [6.07, 6.45) is 14.1. The largest absolute Gasteiger partial charge is 0.481 e. The molecule has 3 rings (SSSR count). The van der Waals surface area contributed by atoms with E-state index in [-0.39, 0.29) is 6.42 Å². The van der Waals surface area contributed by atoms with Crippen LogP contribution in [-0.2, 0) is 11.2 Å². The van der Waals surface area contributed by atoms with Crippen LogP contribution < -0.4 is 0 Å². The Kier molecular flexibility index (Phi) is 7.05. The molecular weight excluding hydrogens is 367 g/mol. The van der Waals surface area contributed by atoms with Crippen LogP contribution in [-0.4, -0.2) is 11.1 Å². The van der Waals surface area contributed by atoms with Gasteiger partial charge in [0.1, 0.15) is 0 Å². The van der Waals surface area contributed by atoms with E-state index in [9.17, 15) is 4.79 Å². The Morgan fingerprint density at radius 3 is 2.77 bits per heavy atom. The molecule has 0 aliphatic heterocycles. The maximum atomic E-state index is 10.6. The van der Waals surface area contributed by atoms with Crippen LogP contribution in [0.3, 0.4) is 0 Å². The van der Waals surface area contributed by atoms with Gasteiger partial charge >= 0.3 is 5.97 Å². The summed E-state index contributed by atoms with van der Waals surface area (Å²) >= 11 is 12.3. The number of aryl methyl sites for hydroxylation is 1. The maximum absolute atomic E-state index is 10.6. The summed E-state index contributed by atoms with van der Waals surface area (Å²) in [7, 11) is 0. The van der Waals surface area contributed by atoms with E-state index in [1.807, 2.05) is 18.2 Å². The third kappa shape index (κ3) is 5.04. The zero-order valence-corrected chi connectivity index (χ0v) is 16.7. The van der Waals surface area contributed by atoms with Crippen LogP contribution in [0.25, 0.3) is 0 Å². The van der Waals surface area contributed by atoms with Crippen LogP contribution in [0, 0.1) is 23.7 Å². The molecule has 2 aliphatic rings. The van der Waals surface area contributed by atoms with Crippen molar-refractivity contribution in [3.63, 3.8) is 0 Å². The van der Waals surface area contributed by atoms with Gasteiger partial charge in [0.05, 0.1) is 0 Å². The Bertz CT molecular complexity index is 656. The van der Waals surface area contributed by atoms with Gasteiger partial charge in [0.15, 0.2) is 0 Å². The third-order valence-electron chi connectivity index (χ3n) is 6.28. The fraction of sp³-hybridized carbons (Fsp3) is 0.591. The van der Waals surface area contributed by atoms with Crippen molar-refractivity contribution in [2.75, 3.05) is 0 Å². The van der Waals surface area contributed by atoms with Crippen LogP contribution in [0.15, 0.2) is 30.4 Å². The van der Waals surface area contributed by atoms with Crippen LogP contribution >= 0.6 is 23.2 Å². The molecule has 2 aliphatic carbocycles. The molecule has 1 aromatic carbocycles. The second-order valence-electron chi connectivity index (χ2n) is 7.92. The van der Waals surface area contributed by atoms with Crippen LogP contribution in [0.1, 0.15) is 56.9 Å². The molecule has 142 valence electrons. The monoisotopic (exact) mass is 394 g/mol. The van der Waals surface area contributed by atoms with Crippen LogP contribution in [0.5, 0.6) is 0 Å². The number of hydrogen-bond acceptors (Lipinski definition) is 1. The van der Waals surface area contributed by atoms with Crippen molar-refractivity contribution in [3.8, 4) is 0 Å². The number of rotatable bonds is 9. The molecule has 2 nitrogen and oxygen atoms in total. The summed E-state index contributed by atoms with van der Waals surface area (Å²) < 4.78 is 0. The summed E-state index contributed by atoms with van der Waals surface area (Å²) in [5.41, 5.74) is 1.19. The molecule has 1 aromatic rings. The standard InChI is InChI=1S/C22H28Cl2O2/c23-18-12-11-15(21(24)14-18)5-4-7-20-17-10-9-16(13-17)19(20)6-2-1-3-8-22(25)26/h2,6,11-12,14,16-17,19-20H,1,3-5,7-10,13H2,(H,25,26)/b6-2-/t16-,17+,19-,20-/m0/s1. The lowest BCUT2D eigenvalue weighted by atomic mass is 9.76. The van der Waals surface area contributed by atoms with Crippen LogP contribution in [0.4, 0.5) is 0 Å². The Hall–Kier alpha value is -0.990. The van der Waals surface area contributed by atoms with E-state index < -0.39 is 5.97 Å². The Labute approximate surface area is 166 Å². The first kappa shape index (κ1) is 19.8. The zero-order valence-electron chi connectivity index (χ0n) is 15.2. The molecule has 4 heteroatoms. The average Bonchev–Trinajstić information content (AvgIpc) is 3.18. The summed E-state index contributed by atoms with van der Waals surface area (Å²) in [4.78, 5) is 10.6. The predicted octanol–water partition coefficient (Wildman–Crippen LogP) is 6.79. The SMILES string of the molecule is O=C(O)CCC/C=C\[C@H]1[C@H]2CC[C@H](C2)[C@@H]1CCCc1ccc(Cl)cc1Cl. The average molecular weight is 395 g/mol. The number of unbranched alkanes of at least 4 members (excludes halogenated alkanes) is 1. The molecule has 0 radical (unpaired) electrons. The first-order chi connectivity index (χ1) is 12.5. The molecule has 0 unspecified atom stereocenters. The fourth-order valence-electron chi connectivity index (χ4n) is 5.06. The Morgan fingerprint density at radius 2 is 2.00 bits per heavy atom. The van der Waals surface area contributed by atoms with Gasteiger partial charge in [-0.1, -0.05) is 41.4 Å². The van der Waals surface area contributed by atoms with Gasteiger partial charge in [-0.15, -0.1) is 0 Å². The van der Waals surface area contributed by atoms with E-state index in [1.54, 1.807) is 0 Å². The van der Waals surface area contributed by atoms with E-state index in [2.05, 4.69) is 12.2 Å². The number of aliphatic carboxylic acids is 1. The molecule has 26 heavy (non-hydrogen) atoms. The van der Waals surface area contributed by atoms with Gasteiger partial charge in [0, 0.05) is 16.5 Å². The first-order valence-corrected chi connectivity index (χ1v) is 10.6. The number of hydrogen-bond donors (Lipinski definition) is 1. The highest BCUT2D eigenvalue weighted by molar-refractivity contribution is 6.35. The quantitative estimate of drug-likeness (QED) is 0.369. The van der Waals surface area contributed by atoms with Gasteiger partial charge < -0.3 is 5.11 Å². The molecular formula is C22H28Cl2O2. The molecule has 0 aromatic heterocycles. The first-order valence-electron chi connectivity index (χ1n) is 9.87. The highest BCUT2D eigenvalue weighted by atomic mass is 35.5. The van der Waals surface area contributed by atoms with Crippen molar-refractivity contribution in [2.24, 2.45) is 23.7 Å². The topological polar surface area (TPSA) is 37.3 Å². The molecule has 4 atom stereocenters. The van der Waals surface area contributed by atoms with Crippen molar-refractivity contribution in [1.82, 2.24) is 0 Å². The zero-order chi connectivity index (χ0) is 18.5. The predicted molar refractivity (Wildman–Crippen MR) is 108 cm³/mol. The molecule has 0 spiro atoms. The second-order valence-corrected chi connectivity index (χ2v) is 8.76. The molecule has 2 fully saturated rings. The van der Waals surface area contributed by atoms with Gasteiger partial charge in [-0.25, -0.2) is 0 Å². The van der Waals surface area contributed by atoms with Gasteiger partial charge in [0.2, 0.25) is 0 Å². The number of allylic oxidation sites excluding steroid dienone is 2. The minimum Gasteiger partial charge on any atom is -0.481 e. The third-order valence-corrected chi connectivity index (χ3v) is 6.86. The lowest BCUT2D eigenvalue weighted by molar-refractivity contribution is -0.137. The van der Waals surface area contributed by atoms with Crippen LogP contribution in [0.2, 0.25) is 10.0 Å². The van der Waals surface area contributed by atoms with E-state index in [4.69, 9.17) is 28.3 Å². The molecule has 0 saturated heterocycles. The summed E-state index contributed by atoms with van der Waals surface area (Å²) in [6, 6.07) is 5.80. The number of carbonyl (C=O) groups is 1. The number of halogens is 2. The fourth-order valence-corrected chi connectivity index (χ4v) is 5.56. The Balaban J connectivity index is 1.50. The molecule has 0 heterocycles.